The van der Waals surface area contributed by atoms with E-state index in [2.05, 4.69) is 10.3 Å². The zero-order chi connectivity index (χ0) is 13.9. The third kappa shape index (κ3) is 3.45. The first-order chi connectivity index (χ1) is 9.05. The van der Waals surface area contributed by atoms with Gasteiger partial charge in [-0.1, -0.05) is 6.92 Å². The number of pyridine rings is 1. The molecule has 1 saturated carbocycles. The molecule has 0 bridgehead atoms. The SMILES string of the molecule is CCCNc1cccnc1S(=O)(=O)N(C)CC1CC1. The van der Waals surface area contributed by atoms with Crippen molar-refractivity contribution in [1.29, 1.82) is 0 Å². The highest BCUT2D eigenvalue weighted by Crippen LogP contribution is 2.31. The molecular formula is C13H21N3O2S. The minimum Gasteiger partial charge on any atom is -0.383 e. The zero-order valence-corrected chi connectivity index (χ0v) is 12.3. The minimum absolute atomic E-state index is 0.131. The number of aromatic nitrogens is 1. The molecule has 1 aliphatic rings. The number of hydrogen-bond donors (Lipinski definition) is 1. The molecule has 1 aromatic rings. The fourth-order valence-electron chi connectivity index (χ4n) is 1.90. The van der Waals surface area contributed by atoms with Crippen molar-refractivity contribution in [3.8, 4) is 0 Å². The third-order valence-corrected chi connectivity index (χ3v) is 4.99. The average molecular weight is 283 g/mol. The van der Waals surface area contributed by atoms with Crippen LogP contribution in [0.4, 0.5) is 5.69 Å². The molecule has 0 spiro atoms. The lowest BCUT2D eigenvalue weighted by atomic mass is 10.4. The molecule has 0 atom stereocenters. The zero-order valence-electron chi connectivity index (χ0n) is 11.5. The van der Waals surface area contributed by atoms with E-state index >= 15 is 0 Å². The predicted octanol–water partition coefficient (Wildman–Crippen LogP) is 1.93. The van der Waals surface area contributed by atoms with E-state index in [1.54, 1.807) is 19.2 Å². The summed E-state index contributed by atoms with van der Waals surface area (Å²) in [7, 11) is -1.86. The van der Waals surface area contributed by atoms with Gasteiger partial charge in [-0.3, -0.25) is 0 Å². The maximum atomic E-state index is 12.5. The second-order valence-electron chi connectivity index (χ2n) is 5.01. The Morgan fingerprint density at radius 3 is 2.84 bits per heavy atom. The Hall–Kier alpha value is -1.14. The Morgan fingerprint density at radius 2 is 2.21 bits per heavy atom. The lowest BCUT2D eigenvalue weighted by molar-refractivity contribution is 0.450. The minimum atomic E-state index is -3.50. The smallest absolute Gasteiger partial charge is 0.262 e. The Bertz CT molecular complexity index is 526. The van der Waals surface area contributed by atoms with E-state index < -0.39 is 10.0 Å². The van der Waals surface area contributed by atoms with Crippen molar-refractivity contribution >= 4 is 15.7 Å². The van der Waals surface area contributed by atoms with E-state index in [0.29, 0.717) is 18.2 Å². The molecule has 0 radical (unpaired) electrons. The molecule has 1 fully saturated rings. The van der Waals surface area contributed by atoms with Gasteiger partial charge in [-0.25, -0.2) is 13.4 Å². The summed E-state index contributed by atoms with van der Waals surface area (Å²) in [6, 6.07) is 3.51. The summed E-state index contributed by atoms with van der Waals surface area (Å²) in [6.07, 6.45) is 4.72. The fraction of sp³-hybridized carbons (Fsp3) is 0.615. The van der Waals surface area contributed by atoms with Gasteiger partial charge in [0, 0.05) is 26.3 Å². The largest absolute Gasteiger partial charge is 0.383 e. The van der Waals surface area contributed by atoms with E-state index in [4.69, 9.17) is 0 Å². The van der Waals surface area contributed by atoms with E-state index in [-0.39, 0.29) is 5.03 Å². The lowest BCUT2D eigenvalue weighted by Crippen LogP contribution is -2.30. The van der Waals surface area contributed by atoms with Gasteiger partial charge in [0.1, 0.15) is 0 Å². The molecule has 19 heavy (non-hydrogen) atoms. The quantitative estimate of drug-likeness (QED) is 0.830. The van der Waals surface area contributed by atoms with Crippen LogP contribution in [0.5, 0.6) is 0 Å². The molecule has 1 aliphatic carbocycles. The highest BCUT2D eigenvalue weighted by atomic mass is 32.2. The highest BCUT2D eigenvalue weighted by molar-refractivity contribution is 7.89. The van der Waals surface area contributed by atoms with Crippen molar-refractivity contribution in [2.75, 3.05) is 25.5 Å². The summed E-state index contributed by atoms with van der Waals surface area (Å²) < 4.78 is 26.4. The Balaban J connectivity index is 2.22. The van der Waals surface area contributed by atoms with Crippen molar-refractivity contribution in [2.45, 2.75) is 31.2 Å². The molecule has 0 amide bonds. The number of nitrogens with zero attached hydrogens (tertiary/aromatic N) is 2. The molecule has 2 rings (SSSR count). The summed E-state index contributed by atoms with van der Waals surface area (Å²) in [5.41, 5.74) is 0.590. The molecule has 6 heteroatoms. The highest BCUT2D eigenvalue weighted by Gasteiger charge is 2.31. The van der Waals surface area contributed by atoms with E-state index in [0.717, 1.165) is 25.8 Å². The molecule has 1 heterocycles. The Kier molecular flexibility index (Phi) is 4.42. The van der Waals surface area contributed by atoms with Crippen molar-refractivity contribution in [2.24, 2.45) is 5.92 Å². The summed E-state index contributed by atoms with van der Waals surface area (Å²) >= 11 is 0. The van der Waals surface area contributed by atoms with Crippen LogP contribution < -0.4 is 5.32 Å². The maximum absolute atomic E-state index is 12.5. The number of hydrogen-bond acceptors (Lipinski definition) is 4. The van der Waals surface area contributed by atoms with Crippen LogP contribution >= 0.6 is 0 Å². The van der Waals surface area contributed by atoms with Crippen LogP contribution in [-0.4, -0.2) is 37.8 Å². The summed E-state index contributed by atoms with van der Waals surface area (Å²) in [4.78, 5) is 4.06. The van der Waals surface area contributed by atoms with Gasteiger partial charge in [-0.05, 0) is 37.3 Å². The average Bonchev–Trinajstić information content (AvgIpc) is 3.20. The van der Waals surface area contributed by atoms with Crippen molar-refractivity contribution in [3.05, 3.63) is 18.3 Å². The number of rotatable bonds is 7. The van der Waals surface area contributed by atoms with Crippen LogP contribution in [0.2, 0.25) is 0 Å². The molecule has 106 valence electrons. The van der Waals surface area contributed by atoms with E-state index in [1.165, 1.54) is 10.5 Å². The van der Waals surface area contributed by atoms with Crippen molar-refractivity contribution in [3.63, 3.8) is 0 Å². The van der Waals surface area contributed by atoms with E-state index in [1.807, 2.05) is 6.92 Å². The Morgan fingerprint density at radius 1 is 1.47 bits per heavy atom. The van der Waals surface area contributed by atoms with Gasteiger partial charge in [0.2, 0.25) is 0 Å². The van der Waals surface area contributed by atoms with E-state index in [9.17, 15) is 8.42 Å². The van der Waals surface area contributed by atoms with Gasteiger partial charge in [-0.2, -0.15) is 4.31 Å². The number of sulfonamides is 1. The van der Waals surface area contributed by atoms with Crippen LogP contribution in [0.1, 0.15) is 26.2 Å². The first kappa shape index (κ1) is 14.3. The molecule has 1 aromatic heterocycles. The molecular weight excluding hydrogens is 262 g/mol. The molecule has 0 aliphatic heterocycles. The summed E-state index contributed by atoms with van der Waals surface area (Å²) in [6.45, 7) is 3.36. The Labute approximate surface area is 115 Å². The summed E-state index contributed by atoms with van der Waals surface area (Å²) in [5, 5.41) is 3.26. The van der Waals surface area contributed by atoms with Crippen LogP contribution in [0.3, 0.4) is 0 Å². The van der Waals surface area contributed by atoms with Crippen LogP contribution in [0, 0.1) is 5.92 Å². The van der Waals surface area contributed by atoms with Crippen LogP contribution in [-0.2, 0) is 10.0 Å². The third-order valence-electron chi connectivity index (χ3n) is 3.20. The van der Waals surface area contributed by atoms with Gasteiger partial charge in [0.05, 0.1) is 5.69 Å². The second kappa shape index (κ2) is 5.88. The van der Waals surface area contributed by atoms with Gasteiger partial charge < -0.3 is 5.32 Å². The van der Waals surface area contributed by atoms with Gasteiger partial charge in [-0.15, -0.1) is 0 Å². The molecule has 0 unspecified atom stereocenters. The fourth-order valence-corrected chi connectivity index (χ4v) is 3.21. The lowest BCUT2D eigenvalue weighted by Gasteiger charge is -2.18. The predicted molar refractivity (Wildman–Crippen MR) is 75.6 cm³/mol. The maximum Gasteiger partial charge on any atom is 0.262 e. The summed E-state index contributed by atoms with van der Waals surface area (Å²) in [5.74, 6) is 0.524. The molecule has 1 N–H and O–H groups in total. The van der Waals surface area contributed by atoms with Crippen molar-refractivity contribution < 1.29 is 8.42 Å². The van der Waals surface area contributed by atoms with Gasteiger partial charge in [0.25, 0.3) is 10.0 Å². The second-order valence-corrected chi connectivity index (χ2v) is 6.97. The standard InChI is InChI=1S/C13H21N3O2S/c1-3-8-14-12-5-4-9-15-13(12)19(17,18)16(2)10-11-6-7-11/h4-5,9,11,14H,3,6-8,10H2,1-2H3. The normalized spacial score (nSPS) is 15.7. The van der Waals surface area contributed by atoms with Gasteiger partial charge >= 0.3 is 0 Å². The van der Waals surface area contributed by atoms with Crippen molar-refractivity contribution in [1.82, 2.24) is 9.29 Å². The van der Waals surface area contributed by atoms with Gasteiger partial charge in [0.15, 0.2) is 5.03 Å². The number of anilines is 1. The van der Waals surface area contributed by atoms with Crippen LogP contribution in [0.15, 0.2) is 23.4 Å². The topological polar surface area (TPSA) is 62.3 Å². The molecule has 0 saturated heterocycles. The molecule has 0 aromatic carbocycles. The first-order valence-electron chi connectivity index (χ1n) is 6.71. The number of nitrogens with one attached hydrogen (secondary N) is 1. The van der Waals surface area contributed by atoms with Crippen LogP contribution in [0.25, 0.3) is 0 Å². The monoisotopic (exact) mass is 283 g/mol. The first-order valence-corrected chi connectivity index (χ1v) is 8.15. The molecule has 5 nitrogen and oxygen atoms in total.